The lowest BCUT2D eigenvalue weighted by molar-refractivity contribution is 0.555. The van der Waals surface area contributed by atoms with Gasteiger partial charge in [0.25, 0.3) is 0 Å². The largest absolute Gasteiger partial charge is 0.348 e. The van der Waals surface area contributed by atoms with Crippen LogP contribution in [0.5, 0.6) is 0 Å². The summed E-state index contributed by atoms with van der Waals surface area (Å²) in [5.41, 5.74) is 6.37. The highest BCUT2D eigenvalue weighted by atomic mass is 15.3. The van der Waals surface area contributed by atoms with Crippen LogP contribution in [0.25, 0.3) is 5.65 Å². The second kappa shape index (κ2) is 4.14. The Bertz CT molecular complexity index is 784. The van der Waals surface area contributed by atoms with Gasteiger partial charge in [-0.3, -0.25) is 0 Å². The van der Waals surface area contributed by atoms with E-state index in [1.807, 2.05) is 30.6 Å². The van der Waals surface area contributed by atoms with E-state index in [1.54, 1.807) is 6.33 Å². The van der Waals surface area contributed by atoms with Gasteiger partial charge in [0.1, 0.15) is 0 Å². The number of hydrogen-bond donors (Lipinski definition) is 2. The van der Waals surface area contributed by atoms with Crippen molar-refractivity contribution < 1.29 is 0 Å². The van der Waals surface area contributed by atoms with Crippen LogP contribution >= 0.6 is 0 Å². The summed E-state index contributed by atoms with van der Waals surface area (Å²) in [6.07, 6.45) is 4.65. The van der Waals surface area contributed by atoms with Crippen molar-refractivity contribution >= 4 is 5.65 Å². The van der Waals surface area contributed by atoms with Crippen molar-refractivity contribution in [1.29, 1.82) is 0 Å². The van der Waals surface area contributed by atoms with Crippen molar-refractivity contribution in [3.05, 3.63) is 46.9 Å². The number of aryl methyl sites for hydroxylation is 2. The van der Waals surface area contributed by atoms with Gasteiger partial charge in [-0.1, -0.05) is 0 Å². The van der Waals surface area contributed by atoms with E-state index in [9.17, 15) is 0 Å². The van der Waals surface area contributed by atoms with Gasteiger partial charge in [-0.15, -0.1) is 0 Å². The maximum atomic E-state index is 4.65. The predicted molar refractivity (Wildman–Crippen MR) is 74.6 cm³/mol. The first kappa shape index (κ1) is 11.6. The Morgan fingerprint density at radius 3 is 3.15 bits per heavy atom. The smallest absolute Gasteiger partial charge is 0.160 e. The summed E-state index contributed by atoms with van der Waals surface area (Å²) in [7, 11) is 0. The molecule has 0 aliphatic carbocycles. The van der Waals surface area contributed by atoms with Crippen LogP contribution in [0.2, 0.25) is 0 Å². The van der Waals surface area contributed by atoms with E-state index in [0.717, 1.165) is 41.3 Å². The van der Waals surface area contributed by atoms with E-state index < -0.39 is 0 Å². The van der Waals surface area contributed by atoms with Crippen LogP contribution < -0.4 is 5.32 Å². The lowest BCUT2D eigenvalue weighted by Crippen LogP contribution is -2.30. The Morgan fingerprint density at radius 2 is 2.25 bits per heavy atom. The maximum Gasteiger partial charge on any atom is 0.160 e. The average Bonchev–Trinajstić information content (AvgIpc) is 3.03. The summed E-state index contributed by atoms with van der Waals surface area (Å²) in [5, 5.41) is 7.99. The van der Waals surface area contributed by atoms with E-state index in [-0.39, 0.29) is 6.04 Å². The second-order valence-corrected chi connectivity index (χ2v) is 5.28. The van der Waals surface area contributed by atoms with Gasteiger partial charge in [-0.25, -0.2) is 14.5 Å². The second-order valence-electron chi connectivity index (χ2n) is 5.28. The number of aromatic nitrogens is 5. The van der Waals surface area contributed by atoms with E-state index in [1.165, 1.54) is 5.69 Å². The van der Waals surface area contributed by atoms with Crippen molar-refractivity contribution in [2.45, 2.75) is 26.3 Å². The number of fused-ring (bicyclic) bond motifs is 2. The van der Waals surface area contributed by atoms with Gasteiger partial charge in [0.15, 0.2) is 5.65 Å². The van der Waals surface area contributed by atoms with Crippen molar-refractivity contribution in [3.63, 3.8) is 0 Å². The van der Waals surface area contributed by atoms with Crippen LogP contribution in [0.3, 0.4) is 0 Å². The van der Waals surface area contributed by atoms with Crippen LogP contribution in [0, 0.1) is 13.8 Å². The molecule has 3 aromatic heterocycles. The number of nitrogens with one attached hydrogen (secondary N) is 2. The van der Waals surface area contributed by atoms with E-state index in [4.69, 9.17) is 0 Å². The molecule has 20 heavy (non-hydrogen) atoms. The van der Waals surface area contributed by atoms with Gasteiger partial charge in [0, 0.05) is 35.6 Å². The highest BCUT2D eigenvalue weighted by Gasteiger charge is 2.27. The molecule has 2 N–H and O–H groups in total. The molecule has 6 heteroatoms. The molecule has 0 amide bonds. The molecule has 3 aromatic rings. The van der Waals surface area contributed by atoms with Gasteiger partial charge in [0.2, 0.25) is 0 Å². The maximum absolute atomic E-state index is 4.65. The van der Waals surface area contributed by atoms with E-state index >= 15 is 0 Å². The molecular weight excluding hydrogens is 252 g/mol. The van der Waals surface area contributed by atoms with Crippen molar-refractivity contribution in [2.24, 2.45) is 0 Å². The van der Waals surface area contributed by atoms with Gasteiger partial charge in [0.05, 0.1) is 24.3 Å². The first-order chi connectivity index (χ1) is 9.74. The van der Waals surface area contributed by atoms with E-state index in [2.05, 4.69) is 25.4 Å². The average molecular weight is 268 g/mol. The zero-order chi connectivity index (χ0) is 13.7. The molecule has 0 saturated carbocycles. The SMILES string of the molecule is Cc1cc(C)n2ncc([C@H]3NCCc4[nH]cnc43)c2n1. The van der Waals surface area contributed by atoms with Crippen LogP contribution in [-0.2, 0) is 6.42 Å². The summed E-state index contributed by atoms with van der Waals surface area (Å²) in [6.45, 7) is 4.99. The molecule has 1 atom stereocenters. The van der Waals surface area contributed by atoms with Gasteiger partial charge < -0.3 is 10.3 Å². The molecule has 4 rings (SSSR count). The minimum atomic E-state index is 0.0659. The van der Waals surface area contributed by atoms with Crippen molar-refractivity contribution in [2.75, 3.05) is 6.54 Å². The van der Waals surface area contributed by atoms with Crippen LogP contribution in [-0.4, -0.2) is 31.1 Å². The highest BCUT2D eigenvalue weighted by Crippen LogP contribution is 2.28. The Kier molecular flexibility index (Phi) is 2.40. The predicted octanol–water partition coefficient (Wildman–Crippen LogP) is 1.30. The summed E-state index contributed by atoms with van der Waals surface area (Å²) in [4.78, 5) is 12.3. The Balaban J connectivity index is 1.92. The number of H-pyrrole nitrogens is 1. The van der Waals surface area contributed by atoms with Crippen molar-refractivity contribution in [3.8, 4) is 0 Å². The normalized spacial score (nSPS) is 18.4. The Labute approximate surface area is 116 Å². The Morgan fingerprint density at radius 1 is 1.35 bits per heavy atom. The lowest BCUT2D eigenvalue weighted by atomic mass is 10.0. The van der Waals surface area contributed by atoms with Gasteiger partial charge >= 0.3 is 0 Å². The minimum Gasteiger partial charge on any atom is -0.348 e. The standard InChI is InChI=1S/C14H16N6/c1-8-5-9(2)20-14(19-8)10(6-18-20)12-13-11(3-4-15-12)16-7-17-13/h5-7,12,15H,3-4H2,1-2H3,(H,16,17)/t12-/m1/s1. The first-order valence-electron chi connectivity index (χ1n) is 6.81. The number of aromatic amines is 1. The fourth-order valence-corrected chi connectivity index (χ4v) is 2.97. The summed E-state index contributed by atoms with van der Waals surface area (Å²) in [6, 6.07) is 2.11. The molecule has 0 bridgehead atoms. The monoisotopic (exact) mass is 268 g/mol. The number of rotatable bonds is 1. The molecule has 6 nitrogen and oxygen atoms in total. The molecule has 0 aromatic carbocycles. The molecule has 0 unspecified atom stereocenters. The fraction of sp³-hybridized carbons (Fsp3) is 0.357. The quantitative estimate of drug-likeness (QED) is 0.698. The molecule has 102 valence electrons. The number of hydrogen-bond acceptors (Lipinski definition) is 4. The molecule has 0 spiro atoms. The van der Waals surface area contributed by atoms with Crippen LogP contribution in [0.15, 0.2) is 18.6 Å². The molecule has 1 aliphatic heterocycles. The van der Waals surface area contributed by atoms with Gasteiger partial charge in [-0.05, 0) is 19.9 Å². The fourth-order valence-electron chi connectivity index (χ4n) is 2.97. The summed E-state index contributed by atoms with van der Waals surface area (Å²) < 4.78 is 1.89. The lowest BCUT2D eigenvalue weighted by Gasteiger charge is -2.22. The van der Waals surface area contributed by atoms with E-state index in [0.29, 0.717) is 0 Å². The number of imidazole rings is 1. The van der Waals surface area contributed by atoms with Gasteiger partial charge in [-0.2, -0.15) is 5.10 Å². The van der Waals surface area contributed by atoms with Crippen LogP contribution in [0.4, 0.5) is 0 Å². The highest BCUT2D eigenvalue weighted by molar-refractivity contribution is 5.52. The third kappa shape index (κ3) is 1.58. The summed E-state index contributed by atoms with van der Waals surface area (Å²) >= 11 is 0. The molecule has 1 aliphatic rings. The topological polar surface area (TPSA) is 70.9 Å². The van der Waals surface area contributed by atoms with Crippen molar-refractivity contribution in [1.82, 2.24) is 29.9 Å². The zero-order valence-electron chi connectivity index (χ0n) is 11.5. The van der Waals surface area contributed by atoms with Crippen LogP contribution in [0.1, 0.15) is 34.4 Å². The first-order valence-corrected chi connectivity index (χ1v) is 6.81. The minimum absolute atomic E-state index is 0.0659. The number of nitrogens with zero attached hydrogens (tertiary/aromatic N) is 4. The third-order valence-electron chi connectivity index (χ3n) is 3.86. The molecule has 0 saturated heterocycles. The molecular formula is C14H16N6. The third-order valence-corrected chi connectivity index (χ3v) is 3.86. The molecule has 0 fully saturated rings. The molecule has 0 radical (unpaired) electrons. The zero-order valence-corrected chi connectivity index (χ0v) is 11.5. The Hall–Kier alpha value is -2.21. The summed E-state index contributed by atoms with van der Waals surface area (Å²) in [5.74, 6) is 0. The molecule has 4 heterocycles.